The molecule has 9 aromatic rings. The summed E-state index contributed by atoms with van der Waals surface area (Å²) in [6, 6.07) is 60.5. The van der Waals surface area contributed by atoms with Crippen molar-refractivity contribution in [1.82, 2.24) is 0 Å². The molecule has 0 fully saturated rings. The first-order valence-electron chi connectivity index (χ1n) is 31.0. The van der Waals surface area contributed by atoms with E-state index < -0.39 is 0 Å². The van der Waals surface area contributed by atoms with Gasteiger partial charge in [-0.3, -0.25) is 0 Å². The molecular formula is C78H84BN3S. The topological polar surface area (TPSA) is 9.72 Å². The standard InChI is InChI=1S/C78H84BN3S/c1-47-39-66-69-67(40-47)82(62-34-31-50(73(5,6)7)41-53(62)48-27-29-49(30-28-48)72(2,3)4)65-46-64-60(78(16,17)56-25-21-22-26-63(56)80(64)51-23-19-18-20-24-51)44-61(65)79(69)71-70(54-43-58-59(45-68(54)83-71)77(14,15)38-37-76(58,12)13)81(66)52-32-33-55-57(42-52)75(10,11)36-35-74(55,8)9/h18-34,39-46H,35-38H2,1-17H3. The minimum Gasteiger partial charge on any atom is -0.311 e. The van der Waals surface area contributed by atoms with Crippen molar-refractivity contribution in [1.29, 1.82) is 0 Å². The molecule has 420 valence electrons. The zero-order valence-electron chi connectivity index (χ0n) is 52.6. The Kier molecular flexibility index (Phi) is 11.7. The number of hydrogen-bond donors (Lipinski definition) is 0. The fourth-order valence-electron chi connectivity index (χ4n) is 15.5. The molecule has 0 saturated heterocycles. The average Bonchev–Trinajstić information content (AvgIpc) is 1.81. The van der Waals surface area contributed by atoms with Crippen molar-refractivity contribution >= 4 is 95.0 Å². The molecule has 0 unspecified atom stereocenters. The molecule has 3 aliphatic heterocycles. The van der Waals surface area contributed by atoms with Gasteiger partial charge in [0.2, 0.25) is 0 Å². The lowest BCUT2D eigenvalue weighted by Crippen LogP contribution is -2.61. The fourth-order valence-corrected chi connectivity index (χ4v) is 16.9. The Balaban J connectivity index is 1.13. The van der Waals surface area contributed by atoms with Gasteiger partial charge in [0, 0.05) is 54.3 Å². The predicted octanol–water partition coefficient (Wildman–Crippen LogP) is 20.4. The Morgan fingerprint density at radius 3 is 1.65 bits per heavy atom. The summed E-state index contributed by atoms with van der Waals surface area (Å²) in [6.07, 6.45) is 4.70. The van der Waals surface area contributed by atoms with Crippen molar-refractivity contribution in [3.05, 3.63) is 202 Å². The van der Waals surface area contributed by atoms with E-state index in [-0.39, 0.29) is 44.6 Å². The number of para-hydroxylation sites is 2. The van der Waals surface area contributed by atoms with Gasteiger partial charge in [-0.15, -0.1) is 11.3 Å². The van der Waals surface area contributed by atoms with Crippen LogP contribution < -0.4 is 30.4 Å². The van der Waals surface area contributed by atoms with Gasteiger partial charge in [-0.25, -0.2) is 0 Å². The molecule has 5 heteroatoms. The molecule has 0 saturated carbocycles. The first-order chi connectivity index (χ1) is 39.0. The van der Waals surface area contributed by atoms with E-state index in [0.29, 0.717) is 0 Å². The second kappa shape index (κ2) is 17.9. The molecule has 0 spiro atoms. The highest BCUT2D eigenvalue weighted by atomic mass is 32.1. The highest BCUT2D eigenvalue weighted by Crippen LogP contribution is 2.58. The largest absolute Gasteiger partial charge is 0.311 e. The van der Waals surface area contributed by atoms with Crippen molar-refractivity contribution in [2.45, 2.75) is 181 Å². The Morgan fingerprint density at radius 1 is 0.422 bits per heavy atom. The van der Waals surface area contributed by atoms with Crippen LogP contribution in [0.1, 0.15) is 187 Å². The van der Waals surface area contributed by atoms with Gasteiger partial charge >= 0.3 is 0 Å². The smallest absolute Gasteiger partial charge is 0.264 e. The number of aryl methyl sites for hydroxylation is 1. The highest BCUT2D eigenvalue weighted by Gasteiger charge is 2.50. The van der Waals surface area contributed by atoms with Crippen molar-refractivity contribution in [2.75, 3.05) is 14.7 Å². The lowest BCUT2D eigenvalue weighted by atomic mass is 9.36. The van der Waals surface area contributed by atoms with Gasteiger partial charge in [-0.05, 0) is 204 Å². The lowest BCUT2D eigenvalue weighted by Gasteiger charge is -2.47. The number of fused-ring (bicyclic) bond motifs is 10. The van der Waals surface area contributed by atoms with Crippen molar-refractivity contribution in [3.63, 3.8) is 0 Å². The van der Waals surface area contributed by atoms with Crippen LogP contribution in [0.4, 0.5) is 51.2 Å². The van der Waals surface area contributed by atoms with Gasteiger partial charge in [-0.2, -0.15) is 0 Å². The second-order valence-corrected chi connectivity index (χ2v) is 31.9. The summed E-state index contributed by atoms with van der Waals surface area (Å²) in [7, 11) is 0. The van der Waals surface area contributed by atoms with E-state index in [0.717, 1.165) is 6.42 Å². The maximum absolute atomic E-state index is 2.76. The van der Waals surface area contributed by atoms with Gasteiger partial charge in [0.1, 0.15) is 0 Å². The SMILES string of the molecule is Cc1cc2c3c(c1)N(c1ccc4c(c1)C(C)(C)CCC4(C)C)c1c(sc4cc5c(cc14)C(C)(C)CCC5(C)C)B3c1cc3c(cc1N2c1ccc(C(C)(C)C)cc1-c1ccc(C(C)(C)C)cc1)N(c1ccccc1)c1ccccc1C3(C)C. The molecule has 8 aromatic carbocycles. The van der Waals surface area contributed by atoms with Crippen molar-refractivity contribution in [3.8, 4) is 11.1 Å². The minimum absolute atomic E-state index is 0.0270. The summed E-state index contributed by atoms with van der Waals surface area (Å²) < 4.78 is 2.82. The molecule has 0 atom stereocenters. The Morgan fingerprint density at radius 2 is 1.00 bits per heavy atom. The number of anilines is 9. The third kappa shape index (κ3) is 8.16. The molecule has 4 heterocycles. The average molecular weight is 1110 g/mol. The van der Waals surface area contributed by atoms with E-state index in [1.807, 2.05) is 0 Å². The predicted molar refractivity (Wildman–Crippen MR) is 361 cm³/mol. The van der Waals surface area contributed by atoms with Gasteiger partial charge in [0.15, 0.2) is 0 Å². The number of nitrogens with zero attached hydrogens (tertiary/aromatic N) is 3. The summed E-state index contributed by atoms with van der Waals surface area (Å²) in [5.41, 5.74) is 28.9. The molecular weight excluding hydrogens is 1020 g/mol. The van der Waals surface area contributed by atoms with E-state index in [1.165, 1.54) is 157 Å². The van der Waals surface area contributed by atoms with Crippen LogP contribution in [0.5, 0.6) is 0 Å². The summed E-state index contributed by atoms with van der Waals surface area (Å²) in [5, 5.41) is 1.38. The van der Waals surface area contributed by atoms with Crippen LogP contribution in [0.15, 0.2) is 152 Å². The first-order valence-corrected chi connectivity index (χ1v) is 31.8. The van der Waals surface area contributed by atoms with Crippen LogP contribution in [-0.4, -0.2) is 6.71 Å². The molecule has 2 aliphatic carbocycles. The van der Waals surface area contributed by atoms with Crippen LogP contribution in [0.2, 0.25) is 0 Å². The monoisotopic (exact) mass is 1110 g/mol. The van der Waals surface area contributed by atoms with Crippen LogP contribution in [0.3, 0.4) is 0 Å². The van der Waals surface area contributed by atoms with Crippen LogP contribution in [0.25, 0.3) is 21.2 Å². The van der Waals surface area contributed by atoms with E-state index in [2.05, 4.69) is 295 Å². The number of rotatable bonds is 4. The maximum atomic E-state index is 2.76. The number of benzene rings is 8. The number of thiophene rings is 1. The molecule has 0 amide bonds. The molecule has 3 nitrogen and oxygen atoms in total. The minimum atomic E-state index is -0.314. The molecule has 0 bridgehead atoms. The lowest BCUT2D eigenvalue weighted by molar-refractivity contribution is 0.332. The molecule has 5 aliphatic rings. The molecule has 83 heavy (non-hydrogen) atoms. The van der Waals surface area contributed by atoms with E-state index in [4.69, 9.17) is 0 Å². The van der Waals surface area contributed by atoms with Crippen LogP contribution in [0, 0.1) is 6.92 Å². The van der Waals surface area contributed by atoms with Crippen molar-refractivity contribution < 1.29 is 0 Å². The summed E-state index contributed by atoms with van der Waals surface area (Å²) >= 11 is 2.06. The van der Waals surface area contributed by atoms with Crippen LogP contribution >= 0.6 is 11.3 Å². The maximum Gasteiger partial charge on any atom is 0.264 e. The van der Waals surface area contributed by atoms with Gasteiger partial charge in [-0.1, -0.05) is 190 Å². The molecule has 1 aromatic heterocycles. The Bertz CT molecular complexity index is 4170. The van der Waals surface area contributed by atoms with Crippen LogP contribution in [-0.2, 0) is 37.9 Å². The second-order valence-electron chi connectivity index (χ2n) is 30.8. The van der Waals surface area contributed by atoms with Gasteiger partial charge in [0.05, 0.1) is 22.7 Å². The summed E-state index contributed by atoms with van der Waals surface area (Å²) in [6.45, 7) is 41.1. The Labute approximate surface area is 500 Å². The molecule has 0 radical (unpaired) electrons. The highest BCUT2D eigenvalue weighted by molar-refractivity contribution is 7.33. The Hall–Kier alpha value is -6.82. The zero-order chi connectivity index (χ0) is 58.5. The normalized spacial score (nSPS) is 18.4. The van der Waals surface area contributed by atoms with Gasteiger partial charge in [0.25, 0.3) is 6.71 Å². The fraction of sp³-hybridized carbons (Fsp3) is 0.359. The van der Waals surface area contributed by atoms with E-state index in [1.54, 1.807) is 0 Å². The van der Waals surface area contributed by atoms with Crippen molar-refractivity contribution in [2.24, 2.45) is 0 Å². The van der Waals surface area contributed by atoms with Gasteiger partial charge < -0.3 is 14.7 Å². The molecule has 0 N–H and O–H groups in total. The third-order valence-electron chi connectivity index (χ3n) is 20.9. The third-order valence-corrected chi connectivity index (χ3v) is 22.1. The van der Waals surface area contributed by atoms with E-state index in [9.17, 15) is 0 Å². The first kappa shape index (κ1) is 54.1. The summed E-state index contributed by atoms with van der Waals surface area (Å²) in [5.74, 6) is 0. The quantitative estimate of drug-likeness (QED) is 0.163. The summed E-state index contributed by atoms with van der Waals surface area (Å²) in [4.78, 5) is 8.03. The number of hydrogen-bond acceptors (Lipinski definition) is 4. The molecule has 14 rings (SSSR count). The van der Waals surface area contributed by atoms with E-state index >= 15 is 0 Å². The zero-order valence-corrected chi connectivity index (χ0v) is 53.4.